The Balaban J connectivity index is 2.43. The van der Waals surface area contributed by atoms with Gasteiger partial charge in [-0.2, -0.15) is 13.2 Å². The van der Waals surface area contributed by atoms with Crippen molar-refractivity contribution >= 4 is 23.6 Å². The van der Waals surface area contributed by atoms with Crippen LogP contribution in [0.4, 0.5) is 32.4 Å². The summed E-state index contributed by atoms with van der Waals surface area (Å²) >= 11 is 0. The molecule has 0 spiro atoms. The quantitative estimate of drug-likeness (QED) is 0.124. The molecule has 0 radical (unpaired) electrons. The van der Waals surface area contributed by atoms with Crippen molar-refractivity contribution in [2.75, 3.05) is 5.32 Å². The van der Waals surface area contributed by atoms with Gasteiger partial charge in [0.05, 0.1) is 17.9 Å². The molecule has 1 aromatic heterocycles. The predicted octanol–water partition coefficient (Wildman–Crippen LogP) is 5.70. The van der Waals surface area contributed by atoms with Crippen LogP contribution in [0.2, 0.25) is 0 Å². The lowest BCUT2D eigenvalue weighted by molar-refractivity contribution is -0.273. The van der Waals surface area contributed by atoms with Crippen molar-refractivity contribution in [3.8, 4) is 5.88 Å². The van der Waals surface area contributed by atoms with Gasteiger partial charge in [-0.25, -0.2) is 18.6 Å². The van der Waals surface area contributed by atoms with Crippen molar-refractivity contribution in [2.45, 2.75) is 57.1 Å². The van der Waals surface area contributed by atoms with Crippen LogP contribution in [0.15, 0.2) is 61.7 Å². The van der Waals surface area contributed by atoms with Gasteiger partial charge < -0.3 is 14.6 Å². The number of rotatable bonds is 14. The number of nitrogens with one attached hydrogen (secondary N) is 3. The van der Waals surface area contributed by atoms with E-state index in [1.165, 1.54) is 25.1 Å². The number of halogens is 5. The molecule has 1 heterocycles. The Bertz CT molecular complexity index is 1280. The molecule has 0 saturated carbocycles. The summed E-state index contributed by atoms with van der Waals surface area (Å²) in [4.78, 5) is 40.9. The molecular formula is C27H29F5N4O6. The summed E-state index contributed by atoms with van der Waals surface area (Å²) < 4.78 is 81.0. The summed E-state index contributed by atoms with van der Waals surface area (Å²) in [6.07, 6.45) is -9.45. The number of aromatic nitrogens is 1. The number of hydrogen-bond acceptors (Lipinski definition) is 6. The lowest BCUT2D eigenvalue weighted by atomic mass is 9.95. The van der Waals surface area contributed by atoms with E-state index in [4.69, 9.17) is 14.6 Å². The number of amides is 3. The Kier molecular flexibility index (Phi) is 12.0. The molecule has 0 aliphatic heterocycles. The van der Waals surface area contributed by atoms with Crippen molar-refractivity contribution in [1.29, 1.82) is 0 Å². The van der Waals surface area contributed by atoms with Crippen molar-refractivity contribution in [3.05, 3.63) is 78.5 Å². The highest BCUT2D eigenvalue weighted by molar-refractivity contribution is 6.02. The average Bonchev–Trinajstić information content (AvgIpc) is 2.91. The molecule has 2 aromatic rings. The highest BCUT2D eigenvalue weighted by atomic mass is 19.4. The zero-order chi connectivity index (χ0) is 31.5. The first kappa shape index (κ1) is 33.7. The minimum Gasteiger partial charge on any atom is -0.474 e. The minimum atomic E-state index is -5.27. The molecule has 42 heavy (non-hydrogen) atoms. The van der Waals surface area contributed by atoms with Gasteiger partial charge in [0.2, 0.25) is 11.5 Å². The molecule has 3 amide bonds. The second-order valence-electron chi connectivity index (χ2n) is 8.80. The molecule has 0 aliphatic rings. The highest BCUT2D eigenvalue weighted by Crippen LogP contribution is 2.39. The maximum absolute atomic E-state index is 14.3. The van der Waals surface area contributed by atoms with Gasteiger partial charge in [0.25, 0.3) is 18.2 Å². The highest BCUT2D eigenvalue weighted by Gasteiger charge is 2.61. The zero-order valence-electron chi connectivity index (χ0n) is 22.3. The van der Waals surface area contributed by atoms with Crippen LogP contribution in [-0.2, 0) is 16.1 Å². The molecule has 4 N–H and O–H groups in total. The standard InChI is InChI=1S/C27H29F5N4O6/c1-4-6-13-26(27(30,31)32,41-15-17-11-8-7-9-12-17)24(38)36-35-22(37)20-19(33-25(39)40)14-18(21(28)29)23(34-20)42-16(3)10-5-2/h4-5,7-9,11-12,14,16,21,33H,1-2,6,10,13,15H2,3H3,(H,35,37)(H,36,38)(H,39,40)/t16?,26-/m1/s1. The number of hydrogen-bond donors (Lipinski definition) is 4. The summed E-state index contributed by atoms with van der Waals surface area (Å²) in [5.41, 5.74) is -2.26. The first-order valence-electron chi connectivity index (χ1n) is 12.3. The Morgan fingerprint density at radius 3 is 2.31 bits per heavy atom. The summed E-state index contributed by atoms with van der Waals surface area (Å²) in [6.45, 7) is 7.73. The number of carbonyl (C=O) groups is 3. The summed E-state index contributed by atoms with van der Waals surface area (Å²) in [5.74, 6) is -4.00. The third kappa shape index (κ3) is 8.73. The fourth-order valence-electron chi connectivity index (χ4n) is 3.58. The average molecular weight is 601 g/mol. The molecule has 0 saturated heterocycles. The van der Waals surface area contributed by atoms with Crippen LogP contribution in [-0.4, -0.2) is 45.9 Å². The van der Waals surface area contributed by atoms with Gasteiger partial charge in [0, 0.05) is 6.42 Å². The minimum absolute atomic E-state index is 0.185. The number of carboxylic acid groups (broad SMARTS) is 1. The van der Waals surface area contributed by atoms with Gasteiger partial charge >= 0.3 is 12.3 Å². The van der Waals surface area contributed by atoms with Crippen LogP contribution < -0.4 is 20.9 Å². The molecule has 228 valence electrons. The van der Waals surface area contributed by atoms with Crippen LogP contribution in [0, 0.1) is 0 Å². The summed E-state index contributed by atoms with van der Waals surface area (Å²) in [5, 5.41) is 10.8. The monoisotopic (exact) mass is 600 g/mol. The largest absolute Gasteiger partial charge is 0.474 e. The fourth-order valence-corrected chi connectivity index (χ4v) is 3.58. The Hall–Kier alpha value is -4.53. The number of nitrogens with zero attached hydrogens (tertiary/aromatic N) is 1. The molecule has 0 aliphatic carbocycles. The van der Waals surface area contributed by atoms with Gasteiger partial charge in [-0.15, -0.1) is 13.2 Å². The number of pyridine rings is 1. The smallest absolute Gasteiger partial charge is 0.426 e. The molecule has 10 nitrogen and oxygen atoms in total. The maximum atomic E-state index is 14.3. The number of alkyl halides is 5. The van der Waals surface area contributed by atoms with Crippen LogP contribution >= 0.6 is 0 Å². The third-order valence-corrected chi connectivity index (χ3v) is 5.66. The first-order chi connectivity index (χ1) is 19.8. The lowest BCUT2D eigenvalue weighted by Crippen LogP contribution is -2.61. The second kappa shape index (κ2) is 14.9. The van der Waals surface area contributed by atoms with Gasteiger partial charge in [-0.05, 0) is 31.4 Å². The first-order valence-corrected chi connectivity index (χ1v) is 12.3. The van der Waals surface area contributed by atoms with Crippen LogP contribution in [0.1, 0.15) is 54.2 Å². The zero-order valence-corrected chi connectivity index (χ0v) is 22.3. The maximum Gasteiger partial charge on any atom is 0.426 e. The van der Waals surface area contributed by atoms with Crippen LogP contribution in [0.25, 0.3) is 0 Å². The Morgan fingerprint density at radius 1 is 1.10 bits per heavy atom. The number of benzene rings is 1. The number of ether oxygens (including phenoxy) is 2. The van der Waals surface area contributed by atoms with E-state index < -0.39 is 78.1 Å². The predicted molar refractivity (Wildman–Crippen MR) is 141 cm³/mol. The number of anilines is 1. The normalized spacial score (nSPS) is 13.4. The van der Waals surface area contributed by atoms with Gasteiger partial charge in [-0.1, -0.05) is 42.5 Å². The van der Waals surface area contributed by atoms with Gasteiger partial charge in [-0.3, -0.25) is 25.8 Å². The van der Waals surface area contributed by atoms with Crippen LogP contribution in [0.3, 0.4) is 0 Å². The fraction of sp³-hybridized carbons (Fsp3) is 0.333. The molecule has 1 aromatic carbocycles. The topological polar surface area (TPSA) is 139 Å². The van der Waals surface area contributed by atoms with E-state index >= 15 is 0 Å². The summed E-state index contributed by atoms with van der Waals surface area (Å²) in [6, 6.07) is 8.30. The van der Waals surface area contributed by atoms with Crippen molar-refractivity contribution in [3.63, 3.8) is 0 Å². The summed E-state index contributed by atoms with van der Waals surface area (Å²) in [7, 11) is 0. The second-order valence-corrected chi connectivity index (χ2v) is 8.80. The molecule has 2 rings (SSSR count). The Morgan fingerprint density at radius 2 is 1.76 bits per heavy atom. The van der Waals surface area contributed by atoms with E-state index in [0.717, 1.165) is 6.08 Å². The lowest BCUT2D eigenvalue weighted by Gasteiger charge is -2.34. The number of hydrazine groups is 1. The van der Waals surface area contributed by atoms with E-state index in [0.29, 0.717) is 11.6 Å². The van der Waals surface area contributed by atoms with E-state index in [1.807, 2.05) is 0 Å². The SMILES string of the molecule is C=CCC[C@@](OCc1ccccc1)(C(=O)NNC(=O)c1nc(OC(C)CC=C)c(C(F)F)cc1NC(=O)O)C(F)(F)F. The van der Waals surface area contributed by atoms with Gasteiger partial charge in [0.1, 0.15) is 6.10 Å². The van der Waals surface area contributed by atoms with E-state index in [2.05, 4.69) is 18.1 Å². The number of carbonyl (C=O) groups excluding carboxylic acids is 2. The molecule has 1 unspecified atom stereocenters. The van der Waals surface area contributed by atoms with E-state index in [9.17, 15) is 36.3 Å². The van der Waals surface area contributed by atoms with Crippen molar-refractivity contribution in [1.82, 2.24) is 15.8 Å². The molecule has 0 bridgehead atoms. The van der Waals surface area contributed by atoms with Crippen molar-refractivity contribution < 1.29 is 50.9 Å². The van der Waals surface area contributed by atoms with Gasteiger partial charge in [0.15, 0.2) is 5.69 Å². The van der Waals surface area contributed by atoms with E-state index in [-0.39, 0.29) is 12.8 Å². The van der Waals surface area contributed by atoms with E-state index in [1.54, 1.807) is 34.4 Å². The molecule has 15 heteroatoms. The third-order valence-electron chi connectivity index (χ3n) is 5.66. The van der Waals surface area contributed by atoms with Crippen molar-refractivity contribution in [2.24, 2.45) is 0 Å². The number of allylic oxidation sites excluding steroid dienone is 1. The molecule has 2 atom stereocenters. The molecular weight excluding hydrogens is 571 g/mol. The molecule has 0 fully saturated rings. The van der Waals surface area contributed by atoms with Crippen LogP contribution in [0.5, 0.6) is 5.88 Å². The Labute approximate surface area is 237 Å².